The number of benzene rings is 1. The summed E-state index contributed by atoms with van der Waals surface area (Å²) >= 11 is 5.81. The molecule has 1 aromatic carbocycles. The lowest BCUT2D eigenvalue weighted by Gasteiger charge is -2.19. The Balaban J connectivity index is 0.00000162. The van der Waals surface area contributed by atoms with Gasteiger partial charge in [-0.25, -0.2) is 0 Å². The molecule has 0 saturated carbocycles. The summed E-state index contributed by atoms with van der Waals surface area (Å²) in [6, 6.07) is 7.48. The van der Waals surface area contributed by atoms with Gasteiger partial charge in [-0.3, -0.25) is 4.79 Å². The van der Waals surface area contributed by atoms with E-state index in [9.17, 15) is 4.79 Å². The monoisotopic (exact) mass is 288 g/mol. The van der Waals surface area contributed by atoms with Crippen molar-refractivity contribution in [1.82, 2.24) is 10.2 Å². The van der Waals surface area contributed by atoms with Gasteiger partial charge in [0.15, 0.2) is 0 Å². The van der Waals surface area contributed by atoms with E-state index in [0.29, 0.717) is 11.4 Å². The molecule has 1 N–H and O–H groups in total. The van der Waals surface area contributed by atoms with Crippen molar-refractivity contribution >= 4 is 29.9 Å². The lowest BCUT2D eigenvalue weighted by atomic mass is 10.1. The van der Waals surface area contributed by atoms with Crippen LogP contribution in [0.5, 0.6) is 0 Å². The maximum absolute atomic E-state index is 12.1. The first-order chi connectivity index (χ1) is 8.25. The molecule has 1 saturated heterocycles. The molecule has 2 rings (SSSR count). The number of carbonyl (C=O) groups excluding carboxylic acids is 1. The van der Waals surface area contributed by atoms with Crippen molar-refractivity contribution in [3.63, 3.8) is 0 Å². The maximum atomic E-state index is 12.1. The molecule has 1 aliphatic rings. The largest absolute Gasteiger partial charge is 0.341 e. The second kappa shape index (κ2) is 7.62. The highest BCUT2D eigenvalue weighted by atomic mass is 35.5. The molecule has 18 heavy (non-hydrogen) atoms. The Bertz CT molecular complexity index is 373. The predicted molar refractivity (Wildman–Crippen MR) is 76.5 cm³/mol. The van der Waals surface area contributed by atoms with Crippen LogP contribution in [-0.2, 0) is 11.2 Å². The van der Waals surface area contributed by atoms with Crippen LogP contribution in [-0.4, -0.2) is 37.0 Å². The second-order valence-electron chi connectivity index (χ2n) is 4.29. The smallest absolute Gasteiger partial charge is 0.227 e. The summed E-state index contributed by atoms with van der Waals surface area (Å²) in [7, 11) is 0. The highest BCUT2D eigenvalue weighted by molar-refractivity contribution is 6.30. The van der Waals surface area contributed by atoms with E-state index < -0.39 is 0 Å². The Morgan fingerprint density at radius 1 is 1.22 bits per heavy atom. The number of nitrogens with zero attached hydrogens (tertiary/aromatic N) is 1. The summed E-state index contributed by atoms with van der Waals surface area (Å²) in [5, 5.41) is 4.00. The first kappa shape index (κ1) is 15.3. The van der Waals surface area contributed by atoms with Gasteiger partial charge in [-0.05, 0) is 30.7 Å². The zero-order chi connectivity index (χ0) is 12.1. The van der Waals surface area contributed by atoms with Gasteiger partial charge >= 0.3 is 0 Å². The van der Waals surface area contributed by atoms with E-state index in [1.54, 1.807) is 0 Å². The molecule has 100 valence electrons. The minimum atomic E-state index is 0. The highest BCUT2D eigenvalue weighted by Crippen LogP contribution is 2.11. The van der Waals surface area contributed by atoms with E-state index in [-0.39, 0.29) is 18.3 Å². The fourth-order valence-electron chi connectivity index (χ4n) is 1.98. The third-order valence-electron chi connectivity index (χ3n) is 2.96. The average Bonchev–Trinajstić information content (AvgIpc) is 2.61. The van der Waals surface area contributed by atoms with E-state index >= 15 is 0 Å². The normalized spacial score (nSPS) is 15.7. The van der Waals surface area contributed by atoms with Crippen LogP contribution in [0, 0.1) is 0 Å². The molecule has 3 nitrogen and oxygen atoms in total. The first-order valence-electron chi connectivity index (χ1n) is 5.98. The predicted octanol–water partition coefficient (Wildman–Crippen LogP) is 2.13. The molecule has 0 unspecified atom stereocenters. The minimum absolute atomic E-state index is 0. The van der Waals surface area contributed by atoms with Crippen LogP contribution in [0.4, 0.5) is 0 Å². The Morgan fingerprint density at radius 3 is 2.67 bits per heavy atom. The van der Waals surface area contributed by atoms with E-state index in [2.05, 4.69) is 5.32 Å². The topological polar surface area (TPSA) is 32.3 Å². The Labute approximate surface area is 119 Å². The first-order valence-corrected chi connectivity index (χ1v) is 6.36. The van der Waals surface area contributed by atoms with E-state index in [4.69, 9.17) is 11.6 Å². The molecule has 0 aliphatic carbocycles. The lowest BCUT2D eigenvalue weighted by molar-refractivity contribution is -0.130. The standard InChI is InChI=1S/C13H17ClN2O.ClH/c14-12-4-2-11(3-5-12)10-13(17)16-8-1-6-15-7-9-16;/h2-5,15H,1,6-10H2;1H. The fourth-order valence-corrected chi connectivity index (χ4v) is 2.11. The van der Waals surface area contributed by atoms with Crippen LogP contribution in [0.3, 0.4) is 0 Å². The number of amides is 1. The van der Waals surface area contributed by atoms with Crippen LogP contribution >= 0.6 is 24.0 Å². The Hall–Kier alpha value is -0.770. The van der Waals surface area contributed by atoms with Crippen molar-refractivity contribution in [3.8, 4) is 0 Å². The summed E-state index contributed by atoms with van der Waals surface area (Å²) in [5.41, 5.74) is 1.02. The molecule has 5 heteroatoms. The third kappa shape index (κ3) is 4.48. The lowest BCUT2D eigenvalue weighted by Crippen LogP contribution is -2.35. The number of rotatable bonds is 2. The molecule has 0 radical (unpaired) electrons. The molecule has 0 atom stereocenters. The van der Waals surface area contributed by atoms with Crippen LogP contribution in [0.15, 0.2) is 24.3 Å². The summed E-state index contributed by atoms with van der Waals surface area (Å²) in [4.78, 5) is 14.0. The second-order valence-corrected chi connectivity index (χ2v) is 4.72. The molecule has 1 aromatic rings. The van der Waals surface area contributed by atoms with Crippen molar-refractivity contribution in [2.75, 3.05) is 26.2 Å². The third-order valence-corrected chi connectivity index (χ3v) is 3.21. The van der Waals surface area contributed by atoms with Crippen molar-refractivity contribution in [3.05, 3.63) is 34.9 Å². The summed E-state index contributed by atoms with van der Waals surface area (Å²) in [6.07, 6.45) is 1.50. The van der Waals surface area contributed by atoms with Gasteiger partial charge in [-0.15, -0.1) is 12.4 Å². The van der Waals surface area contributed by atoms with Gasteiger partial charge in [0.05, 0.1) is 6.42 Å². The van der Waals surface area contributed by atoms with Crippen molar-refractivity contribution in [2.45, 2.75) is 12.8 Å². The highest BCUT2D eigenvalue weighted by Gasteiger charge is 2.15. The molecular weight excluding hydrogens is 271 g/mol. The van der Waals surface area contributed by atoms with Gasteiger partial charge in [0.1, 0.15) is 0 Å². The van der Waals surface area contributed by atoms with Gasteiger partial charge in [0.2, 0.25) is 5.91 Å². The van der Waals surface area contributed by atoms with Gasteiger partial charge in [0, 0.05) is 24.7 Å². The molecule has 0 spiro atoms. The van der Waals surface area contributed by atoms with E-state index in [0.717, 1.165) is 38.2 Å². The fraction of sp³-hybridized carbons (Fsp3) is 0.462. The van der Waals surface area contributed by atoms with Gasteiger partial charge < -0.3 is 10.2 Å². The Morgan fingerprint density at radius 2 is 1.94 bits per heavy atom. The number of hydrogen-bond acceptors (Lipinski definition) is 2. The van der Waals surface area contributed by atoms with Crippen LogP contribution in [0.1, 0.15) is 12.0 Å². The van der Waals surface area contributed by atoms with Crippen LogP contribution in [0.2, 0.25) is 5.02 Å². The van der Waals surface area contributed by atoms with Gasteiger partial charge in [-0.1, -0.05) is 23.7 Å². The van der Waals surface area contributed by atoms with Crippen LogP contribution < -0.4 is 5.32 Å². The van der Waals surface area contributed by atoms with Gasteiger partial charge in [-0.2, -0.15) is 0 Å². The van der Waals surface area contributed by atoms with Crippen molar-refractivity contribution in [1.29, 1.82) is 0 Å². The van der Waals surface area contributed by atoms with Crippen molar-refractivity contribution in [2.24, 2.45) is 0 Å². The molecule has 1 fully saturated rings. The molecule has 0 aromatic heterocycles. The molecule has 1 aliphatic heterocycles. The minimum Gasteiger partial charge on any atom is -0.341 e. The van der Waals surface area contributed by atoms with Crippen LogP contribution in [0.25, 0.3) is 0 Å². The number of halogens is 2. The molecular formula is C13H18Cl2N2O. The summed E-state index contributed by atoms with van der Waals surface area (Å²) in [5.74, 6) is 0.205. The quantitative estimate of drug-likeness (QED) is 0.904. The summed E-state index contributed by atoms with van der Waals surface area (Å²) < 4.78 is 0. The van der Waals surface area contributed by atoms with Gasteiger partial charge in [0.25, 0.3) is 0 Å². The zero-order valence-electron chi connectivity index (χ0n) is 10.2. The number of carbonyl (C=O) groups is 1. The number of nitrogens with one attached hydrogen (secondary N) is 1. The van der Waals surface area contributed by atoms with E-state index in [1.165, 1.54) is 0 Å². The molecule has 1 heterocycles. The SMILES string of the molecule is Cl.O=C(Cc1ccc(Cl)cc1)N1CCCNCC1. The average molecular weight is 289 g/mol. The van der Waals surface area contributed by atoms with Crippen molar-refractivity contribution < 1.29 is 4.79 Å². The maximum Gasteiger partial charge on any atom is 0.227 e. The molecule has 0 bridgehead atoms. The summed E-state index contributed by atoms with van der Waals surface area (Å²) in [6.45, 7) is 3.57. The number of hydrogen-bond donors (Lipinski definition) is 1. The zero-order valence-corrected chi connectivity index (χ0v) is 11.8. The molecule has 1 amide bonds. The van der Waals surface area contributed by atoms with E-state index in [1.807, 2.05) is 29.2 Å². The Kier molecular flexibility index (Phi) is 6.47.